The predicted octanol–water partition coefficient (Wildman–Crippen LogP) is 5.27. The van der Waals surface area contributed by atoms with Gasteiger partial charge < -0.3 is 19.8 Å². The minimum atomic E-state index is -4.35. The van der Waals surface area contributed by atoms with Crippen LogP contribution in [0.3, 0.4) is 0 Å². The molecule has 0 spiro atoms. The summed E-state index contributed by atoms with van der Waals surface area (Å²) < 4.78 is 17.3. The van der Waals surface area contributed by atoms with Gasteiger partial charge in [-0.25, -0.2) is 4.79 Å². The fourth-order valence-electron chi connectivity index (χ4n) is 3.53. The second kappa shape index (κ2) is 10.2. The number of carbonyl (C=O) groups excluding carboxylic acids is 1. The summed E-state index contributed by atoms with van der Waals surface area (Å²) in [5.74, 6) is 0.306. The molecule has 0 fully saturated rings. The third kappa shape index (κ3) is 7.73. The molecule has 0 aliphatic carbocycles. The number of hydrogen-bond donors (Lipinski definition) is 3. The maximum Gasteiger partial charge on any atom is 0.407 e. The molecule has 2 aromatic rings. The van der Waals surface area contributed by atoms with Crippen LogP contribution in [0.15, 0.2) is 24.3 Å². The van der Waals surface area contributed by atoms with Crippen molar-refractivity contribution in [2.75, 3.05) is 0 Å². The molecule has 8 heteroatoms. The monoisotopic (exact) mass is 462 g/mol. The number of alkyl carbamates (subject to hydrolysis) is 1. The number of benzene rings is 1. The first kappa shape index (κ1) is 26.0. The van der Waals surface area contributed by atoms with Gasteiger partial charge in [-0.1, -0.05) is 43.7 Å². The highest BCUT2D eigenvalue weighted by Crippen LogP contribution is 2.44. The van der Waals surface area contributed by atoms with Gasteiger partial charge in [0.25, 0.3) is 0 Å². The third-order valence-electron chi connectivity index (χ3n) is 4.81. The predicted molar refractivity (Wildman–Crippen MR) is 127 cm³/mol. The average molecular weight is 463 g/mol. The molecule has 0 aliphatic rings. The molecular weight excluding hydrogens is 427 g/mol. The number of rotatable bonds is 7. The lowest BCUT2D eigenvalue weighted by Gasteiger charge is -2.24. The molecule has 32 heavy (non-hydrogen) atoms. The molecule has 1 aromatic heterocycles. The first-order chi connectivity index (χ1) is 14.7. The largest absolute Gasteiger partial charge is 0.444 e. The summed E-state index contributed by atoms with van der Waals surface area (Å²) in [5.41, 5.74) is 4.62. The van der Waals surface area contributed by atoms with Gasteiger partial charge in [-0.15, -0.1) is 0 Å². The Morgan fingerprint density at radius 3 is 2.22 bits per heavy atom. The van der Waals surface area contributed by atoms with Crippen LogP contribution in [-0.4, -0.2) is 26.5 Å². The molecule has 0 radical (unpaired) electrons. The van der Waals surface area contributed by atoms with E-state index >= 15 is 0 Å². The van der Waals surface area contributed by atoms with Crippen LogP contribution in [-0.2, 0) is 28.4 Å². The second-order valence-electron chi connectivity index (χ2n) is 9.62. The summed E-state index contributed by atoms with van der Waals surface area (Å²) in [4.78, 5) is 36.6. The van der Waals surface area contributed by atoms with Crippen molar-refractivity contribution in [3.8, 4) is 11.1 Å². The maximum absolute atomic E-state index is 12.4. The van der Waals surface area contributed by atoms with Crippen LogP contribution in [0.5, 0.6) is 0 Å². The lowest BCUT2D eigenvalue weighted by Crippen LogP contribution is -2.32. The van der Waals surface area contributed by atoms with Crippen LogP contribution < -0.4 is 5.32 Å². The first-order valence-electron chi connectivity index (χ1n) is 10.8. The van der Waals surface area contributed by atoms with Crippen LogP contribution in [0.4, 0.5) is 4.79 Å². The molecular formula is C24H35N2O5P. The normalized spacial score (nSPS) is 12.2. The number of aryl methyl sites for hydroxylation is 2. The maximum atomic E-state index is 12.4. The van der Waals surface area contributed by atoms with Crippen molar-refractivity contribution in [2.45, 2.75) is 73.2 Å². The van der Waals surface area contributed by atoms with Crippen LogP contribution in [0.25, 0.3) is 11.1 Å². The Balaban J connectivity index is 2.69. The van der Waals surface area contributed by atoms with Crippen molar-refractivity contribution >= 4 is 13.7 Å². The molecule has 0 saturated heterocycles. The summed E-state index contributed by atoms with van der Waals surface area (Å²) >= 11 is 0. The standard InChI is InChI=1S/C24H35N2O5P/c1-15(2)12-21-19(13-25-23(27)31-24(5,6)7)22(18-10-8-16(3)9-11-18)20(17(4)26-21)14-32(28,29)30/h8-11,15H,12-14H2,1-7H3,(H,25,27)(H2,28,29,30). The summed E-state index contributed by atoms with van der Waals surface area (Å²) in [6, 6.07) is 7.78. The van der Waals surface area contributed by atoms with E-state index < -0.39 is 25.5 Å². The Morgan fingerprint density at radius 1 is 1.12 bits per heavy atom. The number of carbonyl (C=O) groups is 1. The van der Waals surface area contributed by atoms with E-state index in [4.69, 9.17) is 9.72 Å². The molecule has 0 saturated carbocycles. The van der Waals surface area contributed by atoms with E-state index in [1.807, 2.05) is 31.2 Å². The molecule has 7 nitrogen and oxygen atoms in total. The summed E-state index contributed by atoms with van der Waals surface area (Å²) in [6.07, 6.45) is -0.308. The number of hydrogen-bond acceptors (Lipinski definition) is 4. The van der Waals surface area contributed by atoms with Gasteiger partial charge >= 0.3 is 13.7 Å². The number of amides is 1. The van der Waals surface area contributed by atoms with E-state index in [9.17, 15) is 19.1 Å². The van der Waals surface area contributed by atoms with Crippen LogP contribution in [0.2, 0.25) is 0 Å². The van der Waals surface area contributed by atoms with Crippen molar-refractivity contribution in [3.05, 3.63) is 52.3 Å². The minimum Gasteiger partial charge on any atom is -0.444 e. The molecule has 2 rings (SSSR count). The summed E-state index contributed by atoms with van der Waals surface area (Å²) in [7, 11) is -4.35. The Hall–Kier alpha value is -2.21. The highest BCUT2D eigenvalue weighted by atomic mass is 31.2. The Kier molecular flexibility index (Phi) is 8.27. The van der Waals surface area contributed by atoms with E-state index in [2.05, 4.69) is 19.2 Å². The van der Waals surface area contributed by atoms with Gasteiger partial charge in [0.15, 0.2) is 0 Å². The van der Waals surface area contributed by atoms with Crippen molar-refractivity contribution in [3.63, 3.8) is 0 Å². The van der Waals surface area contributed by atoms with E-state index in [1.54, 1.807) is 27.7 Å². The molecule has 1 aromatic carbocycles. The molecule has 176 valence electrons. The lowest BCUT2D eigenvalue weighted by molar-refractivity contribution is 0.0523. The molecule has 0 unspecified atom stereocenters. The molecule has 1 heterocycles. The van der Waals surface area contributed by atoms with Gasteiger partial charge in [0.2, 0.25) is 0 Å². The Bertz CT molecular complexity index is 1000. The van der Waals surface area contributed by atoms with E-state index in [1.165, 1.54) is 0 Å². The van der Waals surface area contributed by atoms with Gasteiger partial charge in [-0.2, -0.15) is 0 Å². The van der Waals surface area contributed by atoms with Gasteiger partial charge in [-0.3, -0.25) is 9.55 Å². The topological polar surface area (TPSA) is 109 Å². The highest BCUT2D eigenvalue weighted by Gasteiger charge is 2.26. The van der Waals surface area contributed by atoms with Crippen LogP contribution in [0, 0.1) is 19.8 Å². The average Bonchev–Trinajstić information content (AvgIpc) is 2.60. The number of ether oxygens (including phenoxy) is 1. The van der Waals surface area contributed by atoms with E-state index in [-0.39, 0.29) is 6.54 Å². The number of pyridine rings is 1. The fraction of sp³-hybridized carbons (Fsp3) is 0.500. The van der Waals surface area contributed by atoms with Crippen molar-refractivity contribution in [1.82, 2.24) is 10.3 Å². The SMILES string of the molecule is Cc1ccc(-c2c(CP(=O)(O)O)c(C)nc(CC(C)C)c2CNC(=O)OC(C)(C)C)cc1. The third-order valence-corrected chi connectivity index (χ3v) is 5.53. The Morgan fingerprint density at radius 2 is 1.72 bits per heavy atom. The second-order valence-corrected chi connectivity index (χ2v) is 11.3. The van der Waals surface area contributed by atoms with Crippen LogP contribution >= 0.6 is 7.60 Å². The highest BCUT2D eigenvalue weighted by molar-refractivity contribution is 7.50. The quantitative estimate of drug-likeness (QED) is 0.484. The first-order valence-corrected chi connectivity index (χ1v) is 12.6. The molecule has 3 N–H and O–H groups in total. The smallest absolute Gasteiger partial charge is 0.407 e. The molecule has 0 bridgehead atoms. The van der Waals surface area contributed by atoms with Gasteiger partial charge in [0.1, 0.15) is 5.60 Å². The zero-order valence-electron chi connectivity index (χ0n) is 20.0. The lowest BCUT2D eigenvalue weighted by atomic mass is 9.90. The fourth-order valence-corrected chi connectivity index (χ4v) is 4.33. The van der Waals surface area contributed by atoms with Gasteiger partial charge in [-0.05, 0) is 63.6 Å². The van der Waals surface area contributed by atoms with Gasteiger partial charge in [0.05, 0.1) is 6.16 Å². The van der Waals surface area contributed by atoms with Gasteiger partial charge in [0, 0.05) is 23.5 Å². The van der Waals surface area contributed by atoms with Crippen molar-refractivity contribution in [2.24, 2.45) is 5.92 Å². The van der Waals surface area contributed by atoms with E-state index in [0.29, 0.717) is 29.2 Å². The number of aromatic nitrogens is 1. The minimum absolute atomic E-state index is 0.140. The van der Waals surface area contributed by atoms with Crippen LogP contribution in [0.1, 0.15) is 62.7 Å². The number of nitrogens with one attached hydrogen (secondary N) is 1. The zero-order chi connectivity index (χ0) is 24.3. The zero-order valence-corrected chi connectivity index (χ0v) is 20.9. The number of nitrogens with zero attached hydrogens (tertiary/aromatic N) is 1. The summed E-state index contributed by atoms with van der Waals surface area (Å²) in [5, 5.41) is 2.80. The molecule has 1 amide bonds. The van der Waals surface area contributed by atoms with E-state index in [0.717, 1.165) is 22.4 Å². The van der Waals surface area contributed by atoms with Crippen molar-refractivity contribution < 1.29 is 23.9 Å². The summed E-state index contributed by atoms with van der Waals surface area (Å²) in [6.45, 7) is 13.4. The van der Waals surface area contributed by atoms with Crippen molar-refractivity contribution in [1.29, 1.82) is 0 Å². The molecule has 0 atom stereocenters. The molecule has 0 aliphatic heterocycles. The Labute approximate surface area is 190 Å².